The van der Waals surface area contributed by atoms with Gasteiger partial charge >= 0.3 is 0 Å². The zero-order chi connectivity index (χ0) is 15.0. The van der Waals surface area contributed by atoms with Crippen LogP contribution in [0.4, 0.5) is 4.39 Å². The van der Waals surface area contributed by atoms with E-state index in [2.05, 4.69) is 0 Å². The van der Waals surface area contributed by atoms with Crippen molar-refractivity contribution >= 4 is 11.6 Å². The van der Waals surface area contributed by atoms with Crippen LogP contribution in [0.15, 0.2) is 36.4 Å². The molecule has 0 bridgehead atoms. The Morgan fingerprint density at radius 1 is 1.24 bits per heavy atom. The predicted octanol–water partition coefficient (Wildman–Crippen LogP) is 4.04. The van der Waals surface area contributed by atoms with Crippen molar-refractivity contribution < 1.29 is 19.0 Å². The monoisotopic (exact) mass is 308 g/mol. The average molecular weight is 309 g/mol. The molecule has 3 rings (SSSR count). The second-order valence-corrected chi connectivity index (χ2v) is 5.36. The first-order valence-corrected chi connectivity index (χ1v) is 6.94. The van der Waals surface area contributed by atoms with Gasteiger partial charge in [0, 0.05) is 22.6 Å². The first-order chi connectivity index (χ1) is 10.1. The Kier molecular flexibility index (Phi) is 3.74. The summed E-state index contributed by atoms with van der Waals surface area (Å²) in [5.74, 6) is 0.774. The van der Waals surface area contributed by atoms with Gasteiger partial charge in [0.15, 0.2) is 0 Å². The molecule has 21 heavy (non-hydrogen) atoms. The molecule has 5 heteroatoms. The lowest BCUT2D eigenvalue weighted by atomic mass is 9.94. The minimum absolute atomic E-state index is 0.261. The summed E-state index contributed by atoms with van der Waals surface area (Å²) in [5.41, 5.74) is 0.996. The number of aliphatic hydroxyl groups is 1. The normalized spacial score (nSPS) is 20.6. The number of hydrogen-bond donors (Lipinski definition) is 1. The number of fused-ring (bicyclic) bond motifs is 1. The molecule has 0 aromatic heterocycles. The summed E-state index contributed by atoms with van der Waals surface area (Å²) in [5, 5.41) is 10.7. The summed E-state index contributed by atoms with van der Waals surface area (Å²) >= 11 is 5.91. The van der Waals surface area contributed by atoms with Crippen LogP contribution in [0.5, 0.6) is 11.5 Å². The van der Waals surface area contributed by atoms with Gasteiger partial charge in [0.25, 0.3) is 0 Å². The molecule has 1 aliphatic rings. The SMILES string of the molecule is COc1ccc2c(c1)C(O)CC(c1cc(Cl)ccc1F)O2. The van der Waals surface area contributed by atoms with Crippen molar-refractivity contribution in [2.45, 2.75) is 18.6 Å². The first kappa shape index (κ1) is 14.2. The molecule has 0 spiro atoms. The molecule has 0 radical (unpaired) electrons. The zero-order valence-corrected chi connectivity index (χ0v) is 12.1. The molecule has 2 aromatic rings. The van der Waals surface area contributed by atoms with E-state index in [0.717, 1.165) is 0 Å². The summed E-state index contributed by atoms with van der Waals surface area (Å²) in [7, 11) is 1.56. The molecule has 1 aliphatic heterocycles. The van der Waals surface area contributed by atoms with Gasteiger partial charge in [0.2, 0.25) is 0 Å². The van der Waals surface area contributed by atoms with Gasteiger partial charge in [-0.3, -0.25) is 0 Å². The van der Waals surface area contributed by atoms with Crippen molar-refractivity contribution in [2.75, 3.05) is 7.11 Å². The zero-order valence-electron chi connectivity index (χ0n) is 11.3. The van der Waals surface area contributed by atoms with Crippen molar-refractivity contribution in [2.24, 2.45) is 0 Å². The van der Waals surface area contributed by atoms with E-state index < -0.39 is 18.0 Å². The van der Waals surface area contributed by atoms with Gasteiger partial charge in [0.1, 0.15) is 23.4 Å². The summed E-state index contributed by atoms with van der Waals surface area (Å²) in [4.78, 5) is 0. The van der Waals surface area contributed by atoms with Crippen LogP contribution < -0.4 is 9.47 Å². The Labute approximate surface area is 126 Å². The predicted molar refractivity (Wildman–Crippen MR) is 77.3 cm³/mol. The molecule has 2 aromatic carbocycles. The number of aliphatic hydroxyl groups excluding tert-OH is 1. The van der Waals surface area contributed by atoms with Gasteiger partial charge in [-0.05, 0) is 36.4 Å². The molecular formula is C16H14ClFO3. The molecule has 0 fully saturated rings. The molecular weight excluding hydrogens is 295 g/mol. The van der Waals surface area contributed by atoms with Crippen molar-refractivity contribution in [3.05, 3.63) is 58.4 Å². The topological polar surface area (TPSA) is 38.7 Å². The fourth-order valence-corrected chi connectivity index (χ4v) is 2.68. The Bertz CT molecular complexity index is 675. The van der Waals surface area contributed by atoms with Gasteiger partial charge in [-0.25, -0.2) is 4.39 Å². The Hall–Kier alpha value is -1.78. The van der Waals surface area contributed by atoms with Crippen LogP contribution in [0, 0.1) is 5.82 Å². The van der Waals surface area contributed by atoms with Gasteiger partial charge in [-0.2, -0.15) is 0 Å². The highest BCUT2D eigenvalue weighted by molar-refractivity contribution is 6.30. The number of rotatable bonds is 2. The van der Waals surface area contributed by atoms with Crippen LogP contribution in [-0.2, 0) is 0 Å². The summed E-state index contributed by atoms with van der Waals surface area (Å²) in [6.45, 7) is 0. The minimum Gasteiger partial charge on any atom is -0.497 e. The van der Waals surface area contributed by atoms with Gasteiger partial charge < -0.3 is 14.6 Å². The smallest absolute Gasteiger partial charge is 0.130 e. The van der Waals surface area contributed by atoms with E-state index in [1.807, 2.05) is 0 Å². The van der Waals surface area contributed by atoms with Crippen LogP contribution in [0.2, 0.25) is 5.02 Å². The second kappa shape index (κ2) is 5.54. The third-order valence-electron chi connectivity index (χ3n) is 3.59. The fraction of sp³-hybridized carbons (Fsp3) is 0.250. The van der Waals surface area contributed by atoms with E-state index in [4.69, 9.17) is 21.1 Å². The number of ether oxygens (including phenoxy) is 2. The Morgan fingerprint density at radius 3 is 2.81 bits per heavy atom. The minimum atomic E-state index is -0.743. The average Bonchev–Trinajstić information content (AvgIpc) is 2.49. The third kappa shape index (κ3) is 2.69. The lowest BCUT2D eigenvalue weighted by Crippen LogP contribution is -2.20. The summed E-state index contributed by atoms with van der Waals surface area (Å²) in [6.07, 6.45) is -1.05. The first-order valence-electron chi connectivity index (χ1n) is 6.56. The van der Waals surface area contributed by atoms with Crippen molar-refractivity contribution in [1.82, 2.24) is 0 Å². The van der Waals surface area contributed by atoms with E-state index in [-0.39, 0.29) is 6.42 Å². The van der Waals surface area contributed by atoms with Gasteiger partial charge in [-0.1, -0.05) is 11.6 Å². The maximum Gasteiger partial charge on any atom is 0.130 e. The molecule has 0 saturated carbocycles. The van der Waals surface area contributed by atoms with E-state index in [0.29, 0.717) is 27.6 Å². The number of halogens is 2. The molecule has 2 unspecified atom stereocenters. The van der Waals surface area contributed by atoms with E-state index >= 15 is 0 Å². The lowest BCUT2D eigenvalue weighted by Gasteiger charge is -2.30. The van der Waals surface area contributed by atoms with Crippen molar-refractivity contribution in [1.29, 1.82) is 0 Å². The highest BCUT2D eigenvalue weighted by Gasteiger charge is 2.30. The largest absolute Gasteiger partial charge is 0.497 e. The maximum atomic E-state index is 13.9. The highest BCUT2D eigenvalue weighted by atomic mass is 35.5. The van der Waals surface area contributed by atoms with Crippen molar-refractivity contribution in [3.8, 4) is 11.5 Å². The number of benzene rings is 2. The Morgan fingerprint density at radius 2 is 2.05 bits per heavy atom. The number of hydrogen-bond acceptors (Lipinski definition) is 3. The summed E-state index contributed by atoms with van der Waals surface area (Å²) in [6, 6.07) is 9.50. The molecule has 3 nitrogen and oxygen atoms in total. The Balaban J connectivity index is 1.96. The quantitative estimate of drug-likeness (QED) is 0.910. The van der Waals surface area contributed by atoms with Crippen LogP contribution in [0.1, 0.15) is 29.8 Å². The summed E-state index contributed by atoms with van der Waals surface area (Å²) < 4.78 is 24.9. The molecule has 0 amide bonds. The molecule has 1 heterocycles. The second-order valence-electron chi connectivity index (χ2n) is 4.93. The van der Waals surface area contributed by atoms with Gasteiger partial charge in [-0.15, -0.1) is 0 Å². The lowest BCUT2D eigenvalue weighted by molar-refractivity contribution is 0.0637. The molecule has 0 aliphatic carbocycles. The standard InChI is InChI=1S/C16H14ClFO3/c1-20-10-3-5-15-12(7-10)14(19)8-16(21-15)11-6-9(17)2-4-13(11)18/h2-7,14,16,19H,8H2,1H3. The van der Waals surface area contributed by atoms with Crippen LogP contribution >= 0.6 is 11.6 Å². The third-order valence-corrected chi connectivity index (χ3v) is 3.82. The van der Waals surface area contributed by atoms with Gasteiger partial charge in [0.05, 0.1) is 13.2 Å². The molecule has 1 N–H and O–H groups in total. The van der Waals surface area contributed by atoms with E-state index in [1.54, 1.807) is 25.3 Å². The highest BCUT2D eigenvalue weighted by Crippen LogP contribution is 2.43. The van der Waals surface area contributed by atoms with Crippen LogP contribution in [-0.4, -0.2) is 12.2 Å². The fourth-order valence-electron chi connectivity index (χ4n) is 2.50. The number of methoxy groups -OCH3 is 1. The molecule has 2 atom stereocenters. The molecule has 110 valence electrons. The van der Waals surface area contributed by atoms with E-state index in [1.165, 1.54) is 18.2 Å². The van der Waals surface area contributed by atoms with Crippen LogP contribution in [0.3, 0.4) is 0 Å². The van der Waals surface area contributed by atoms with Crippen LogP contribution in [0.25, 0.3) is 0 Å². The van der Waals surface area contributed by atoms with Crippen molar-refractivity contribution in [3.63, 3.8) is 0 Å². The maximum absolute atomic E-state index is 13.9. The van der Waals surface area contributed by atoms with E-state index in [9.17, 15) is 9.50 Å². The molecule has 0 saturated heterocycles.